The zero-order valence-electron chi connectivity index (χ0n) is 13.8. The highest BCUT2D eigenvalue weighted by Gasteiger charge is 2.22. The van der Waals surface area contributed by atoms with Gasteiger partial charge in [0.05, 0.1) is 7.11 Å². The summed E-state index contributed by atoms with van der Waals surface area (Å²) in [7, 11) is -2.45. The SMILES string of the molecule is CCc1ccc(OC)c(S(=O)(=O)Nc2cc(-c3ccncc3)no2)c1. The average Bonchev–Trinajstić information content (AvgIpc) is 3.09. The Morgan fingerprint density at radius 3 is 2.60 bits per heavy atom. The van der Waals surface area contributed by atoms with Crippen LogP contribution in [0.4, 0.5) is 5.88 Å². The molecule has 0 saturated carbocycles. The maximum absolute atomic E-state index is 12.7. The number of sulfonamides is 1. The molecule has 2 heterocycles. The quantitative estimate of drug-likeness (QED) is 0.727. The number of aryl methyl sites for hydroxylation is 1. The highest BCUT2D eigenvalue weighted by Crippen LogP contribution is 2.28. The van der Waals surface area contributed by atoms with Gasteiger partial charge in [0.25, 0.3) is 10.0 Å². The van der Waals surface area contributed by atoms with Crippen LogP contribution in [0.5, 0.6) is 5.75 Å². The summed E-state index contributed by atoms with van der Waals surface area (Å²) in [5.74, 6) is 0.286. The zero-order chi connectivity index (χ0) is 17.9. The highest BCUT2D eigenvalue weighted by atomic mass is 32.2. The molecule has 7 nitrogen and oxygen atoms in total. The van der Waals surface area contributed by atoms with E-state index in [2.05, 4.69) is 14.9 Å². The van der Waals surface area contributed by atoms with Gasteiger partial charge in [0.2, 0.25) is 5.88 Å². The minimum absolute atomic E-state index is 0.0239. The largest absolute Gasteiger partial charge is 0.495 e. The van der Waals surface area contributed by atoms with E-state index in [-0.39, 0.29) is 16.5 Å². The van der Waals surface area contributed by atoms with Crippen LogP contribution in [-0.4, -0.2) is 25.7 Å². The van der Waals surface area contributed by atoms with Crippen LogP contribution in [0.1, 0.15) is 12.5 Å². The molecule has 1 N–H and O–H groups in total. The fourth-order valence-corrected chi connectivity index (χ4v) is 3.51. The van der Waals surface area contributed by atoms with Gasteiger partial charge in [-0.25, -0.2) is 13.1 Å². The summed E-state index contributed by atoms with van der Waals surface area (Å²) >= 11 is 0. The van der Waals surface area contributed by atoms with Gasteiger partial charge < -0.3 is 9.26 Å². The second kappa shape index (κ2) is 6.94. The fraction of sp³-hybridized carbons (Fsp3) is 0.176. The number of benzene rings is 1. The Kier molecular flexibility index (Phi) is 4.71. The van der Waals surface area contributed by atoms with Gasteiger partial charge in [-0.05, 0) is 36.2 Å². The smallest absolute Gasteiger partial charge is 0.267 e. The minimum Gasteiger partial charge on any atom is -0.495 e. The first-order valence-electron chi connectivity index (χ1n) is 7.60. The Labute approximate surface area is 145 Å². The zero-order valence-corrected chi connectivity index (χ0v) is 14.6. The van der Waals surface area contributed by atoms with Crippen LogP contribution in [-0.2, 0) is 16.4 Å². The number of aromatic nitrogens is 2. The number of ether oxygens (including phenoxy) is 1. The summed E-state index contributed by atoms with van der Waals surface area (Å²) in [6.07, 6.45) is 3.95. The van der Waals surface area contributed by atoms with Gasteiger partial charge in [0, 0.05) is 24.0 Å². The maximum Gasteiger partial charge on any atom is 0.267 e. The molecule has 0 aliphatic heterocycles. The van der Waals surface area contributed by atoms with Crippen LogP contribution >= 0.6 is 0 Å². The Morgan fingerprint density at radius 2 is 1.92 bits per heavy atom. The molecule has 0 aliphatic carbocycles. The van der Waals surface area contributed by atoms with Crippen molar-refractivity contribution in [1.82, 2.24) is 10.1 Å². The lowest BCUT2D eigenvalue weighted by Gasteiger charge is -2.11. The van der Waals surface area contributed by atoms with E-state index < -0.39 is 10.0 Å². The summed E-state index contributed by atoms with van der Waals surface area (Å²) < 4.78 is 38.1. The molecule has 8 heteroatoms. The maximum atomic E-state index is 12.7. The topological polar surface area (TPSA) is 94.3 Å². The van der Waals surface area contributed by atoms with E-state index in [1.807, 2.05) is 13.0 Å². The molecule has 1 aromatic carbocycles. The molecule has 2 aromatic heterocycles. The van der Waals surface area contributed by atoms with Crippen molar-refractivity contribution in [2.45, 2.75) is 18.2 Å². The second-order valence-electron chi connectivity index (χ2n) is 5.26. The van der Waals surface area contributed by atoms with Crippen molar-refractivity contribution < 1.29 is 17.7 Å². The van der Waals surface area contributed by atoms with Gasteiger partial charge in [-0.3, -0.25) is 4.98 Å². The molecule has 0 atom stereocenters. The van der Waals surface area contributed by atoms with Crippen LogP contribution in [0.2, 0.25) is 0 Å². The third-order valence-electron chi connectivity index (χ3n) is 3.65. The van der Waals surface area contributed by atoms with E-state index in [0.29, 0.717) is 12.1 Å². The number of hydrogen-bond acceptors (Lipinski definition) is 6. The van der Waals surface area contributed by atoms with Crippen LogP contribution < -0.4 is 9.46 Å². The van der Waals surface area contributed by atoms with E-state index >= 15 is 0 Å². The molecule has 0 aliphatic rings. The lowest BCUT2D eigenvalue weighted by Crippen LogP contribution is -2.14. The van der Waals surface area contributed by atoms with Crippen LogP contribution in [0, 0.1) is 0 Å². The van der Waals surface area contributed by atoms with Gasteiger partial charge in [-0.2, -0.15) is 0 Å². The Hall–Kier alpha value is -2.87. The van der Waals surface area contributed by atoms with Crippen LogP contribution in [0.3, 0.4) is 0 Å². The standard InChI is InChI=1S/C17H17N3O4S/c1-3-12-4-5-15(23-2)16(10-12)25(21,22)20-17-11-14(19-24-17)13-6-8-18-9-7-13/h4-11,20H,3H2,1-2H3. The van der Waals surface area contributed by atoms with Gasteiger partial charge >= 0.3 is 0 Å². The summed E-state index contributed by atoms with van der Waals surface area (Å²) in [6.45, 7) is 1.95. The van der Waals surface area contributed by atoms with Crippen molar-refractivity contribution in [1.29, 1.82) is 0 Å². The van der Waals surface area contributed by atoms with Gasteiger partial charge in [-0.15, -0.1) is 0 Å². The van der Waals surface area contributed by atoms with E-state index in [9.17, 15) is 8.42 Å². The Morgan fingerprint density at radius 1 is 1.16 bits per heavy atom. The summed E-state index contributed by atoms with van der Waals surface area (Å²) in [5, 5.41) is 3.88. The minimum atomic E-state index is -3.88. The normalized spacial score (nSPS) is 11.3. The molecule has 0 saturated heterocycles. The van der Waals surface area contributed by atoms with Crippen molar-refractivity contribution in [3.05, 3.63) is 54.4 Å². The summed E-state index contributed by atoms with van der Waals surface area (Å²) in [5.41, 5.74) is 2.17. The molecular formula is C17H17N3O4S. The third kappa shape index (κ3) is 3.63. The van der Waals surface area contributed by atoms with E-state index in [1.54, 1.807) is 36.7 Å². The molecule has 0 amide bonds. The number of pyridine rings is 1. The Balaban J connectivity index is 1.91. The molecule has 3 aromatic rings. The lowest BCUT2D eigenvalue weighted by atomic mass is 10.2. The number of nitrogens with zero attached hydrogens (tertiary/aromatic N) is 2. The van der Waals surface area contributed by atoms with Crippen molar-refractivity contribution in [2.75, 3.05) is 11.8 Å². The first kappa shape index (κ1) is 17.0. The predicted molar refractivity (Wildman–Crippen MR) is 92.9 cm³/mol. The van der Waals surface area contributed by atoms with Gasteiger partial charge in [0.1, 0.15) is 16.3 Å². The van der Waals surface area contributed by atoms with Crippen molar-refractivity contribution in [3.8, 4) is 17.0 Å². The first-order valence-corrected chi connectivity index (χ1v) is 9.08. The van der Waals surface area contributed by atoms with Crippen molar-refractivity contribution in [3.63, 3.8) is 0 Å². The molecule has 25 heavy (non-hydrogen) atoms. The van der Waals surface area contributed by atoms with Crippen molar-refractivity contribution in [2.24, 2.45) is 0 Å². The fourth-order valence-electron chi connectivity index (χ4n) is 2.32. The number of rotatable bonds is 6. The number of methoxy groups -OCH3 is 1. The average molecular weight is 359 g/mol. The van der Waals surface area contributed by atoms with Gasteiger partial charge in [-0.1, -0.05) is 18.1 Å². The molecular weight excluding hydrogens is 342 g/mol. The second-order valence-corrected chi connectivity index (χ2v) is 6.91. The third-order valence-corrected chi connectivity index (χ3v) is 5.01. The molecule has 0 spiro atoms. The first-order chi connectivity index (χ1) is 12.0. The lowest BCUT2D eigenvalue weighted by molar-refractivity contribution is 0.402. The molecule has 3 rings (SSSR count). The number of hydrogen-bond donors (Lipinski definition) is 1. The van der Waals surface area contributed by atoms with E-state index in [1.165, 1.54) is 13.2 Å². The van der Waals surface area contributed by atoms with Crippen LogP contribution in [0.15, 0.2) is 58.2 Å². The summed E-state index contributed by atoms with van der Waals surface area (Å²) in [6, 6.07) is 10.1. The summed E-state index contributed by atoms with van der Waals surface area (Å²) in [4.78, 5) is 3.98. The predicted octanol–water partition coefficient (Wildman–Crippen LogP) is 3.11. The Bertz CT molecular complexity index is 969. The van der Waals surface area contributed by atoms with Crippen LogP contribution in [0.25, 0.3) is 11.3 Å². The monoisotopic (exact) mass is 359 g/mol. The molecule has 0 radical (unpaired) electrons. The molecule has 130 valence electrons. The number of nitrogens with one attached hydrogen (secondary N) is 1. The van der Waals surface area contributed by atoms with E-state index in [0.717, 1.165) is 11.1 Å². The van der Waals surface area contributed by atoms with Crippen molar-refractivity contribution >= 4 is 15.9 Å². The highest BCUT2D eigenvalue weighted by molar-refractivity contribution is 7.92. The van der Waals surface area contributed by atoms with Gasteiger partial charge in [0.15, 0.2) is 0 Å². The van der Waals surface area contributed by atoms with E-state index in [4.69, 9.17) is 9.26 Å². The molecule has 0 fully saturated rings. The number of anilines is 1. The molecule has 0 unspecified atom stereocenters. The molecule has 0 bridgehead atoms.